The van der Waals surface area contributed by atoms with Crippen molar-refractivity contribution in [2.45, 2.75) is 56.3 Å². The summed E-state index contributed by atoms with van der Waals surface area (Å²) < 4.78 is 72.0. The van der Waals surface area contributed by atoms with E-state index in [-0.39, 0.29) is 6.61 Å². The first kappa shape index (κ1) is 35.4. The number of phosphoric acid groups is 1. The smallest absolute Gasteiger partial charge is 0.384 e. The fraction of sp³-hybridized carbons (Fsp3) is 1.00. The topological polar surface area (TPSA) is 133 Å². The van der Waals surface area contributed by atoms with Gasteiger partial charge < -0.3 is 40.3 Å². The molecular weight excluding hydrogens is 561 g/mol. The Balaban J connectivity index is 3.27. The molecule has 2 unspecified atom stereocenters. The number of rotatable bonds is 21. The van der Waals surface area contributed by atoms with Crippen molar-refractivity contribution < 1.29 is 53.9 Å². The molecule has 0 amide bonds. The second-order valence-corrected chi connectivity index (χ2v) is 19.7. The van der Waals surface area contributed by atoms with E-state index in [0.29, 0.717) is 57.3 Å². The van der Waals surface area contributed by atoms with Crippen LogP contribution in [-0.2, 0) is 49.0 Å². The summed E-state index contributed by atoms with van der Waals surface area (Å²) in [7, 11) is -0.961. The van der Waals surface area contributed by atoms with E-state index in [1.165, 1.54) is 0 Å². The predicted molar refractivity (Wildman–Crippen MR) is 143 cm³/mol. The van der Waals surface area contributed by atoms with Gasteiger partial charge in [0.05, 0.1) is 6.61 Å². The molecule has 0 spiro atoms. The van der Waals surface area contributed by atoms with Crippen molar-refractivity contribution in [3.8, 4) is 0 Å². The molecule has 37 heavy (non-hydrogen) atoms. The van der Waals surface area contributed by atoms with Gasteiger partial charge in [-0.05, 0) is 45.2 Å². The third-order valence-corrected chi connectivity index (χ3v) is 18.0. The predicted octanol–water partition coefficient (Wildman–Crippen LogP) is 2.67. The number of hydrogen-bond acceptors (Lipinski definition) is 12. The van der Waals surface area contributed by atoms with Crippen LogP contribution < -0.4 is 0 Å². The number of nitrogens with zero attached hydrogens (tertiary/aromatic N) is 1. The highest BCUT2D eigenvalue weighted by molar-refractivity contribution is 7.47. The molecule has 0 saturated carbocycles. The molecule has 13 nitrogen and oxygen atoms in total. The average molecular weight is 610 g/mol. The molecule has 1 aliphatic heterocycles. The van der Waals surface area contributed by atoms with Gasteiger partial charge in [0.25, 0.3) is 0 Å². The van der Waals surface area contributed by atoms with Crippen LogP contribution in [0.1, 0.15) is 39.0 Å². The molecule has 2 atom stereocenters. The molecule has 1 N–H and O–H groups in total. The Labute approximate surface area is 225 Å². The molecule has 222 valence electrons. The van der Waals surface area contributed by atoms with E-state index in [2.05, 4.69) is 4.57 Å². The Kier molecular flexibility index (Phi) is 15.3. The van der Waals surface area contributed by atoms with Crippen molar-refractivity contribution in [2.24, 2.45) is 0 Å². The monoisotopic (exact) mass is 609 g/mol. The van der Waals surface area contributed by atoms with Crippen molar-refractivity contribution in [3.63, 3.8) is 0 Å². The molecule has 0 aromatic heterocycles. The maximum Gasteiger partial charge on any atom is 0.500 e. The van der Waals surface area contributed by atoms with E-state index >= 15 is 0 Å². The zero-order valence-electron chi connectivity index (χ0n) is 23.9. The minimum Gasteiger partial charge on any atom is -0.384 e. The minimum absolute atomic E-state index is 0.0902. The van der Waals surface area contributed by atoms with E-state index < -0.39 is 39.4 Å². The first-order valence-corrected chi connectivity index (χ1v) is 19.5. The van der Waals surface area contributed by atoms with E-state index in [1.807, 2.05) is 6.92 Å². The van der Waals surface area contributed by atoms with E-state index in [0.717, 1.165) is 0 Å². The first-order chi connectivity index (χ1) is 17.5. The molecule has 1 rings (SSSR count). The molecule has 0 radical (unpaired) electrons. The Morgan fingerprint density at radius 2 is 1.35 bits per heavy atom. The second kappa shape index (κ2) is 16.0. The molecule has 1 saturated heterocycles. The summed E-state index contributed by atoms with van der Waals surface area (Å²) in [6.45, 7) is 3.06. The summed E-state index contributed by atoms with van der Waals surface area (Å²) >= 11 is 0. The summed E-state index contributed by atoms with van der Waals surface area (Å²) in [6, 6.07) is 1.06. The Bertz CT molecular complexity index is 683. The van der Waals surface area contributed by atoms with Crippen LogP contribution in [0.5, 0.6) is 0 Å². The molecule has 0 aliphatic carbocycles. The molecule has 1 fully saturated rings. The second-order valence-electron chi connectivity index (χ2n) is 8.66. The lowest BCUT2D eigenvalue weighted by Crippen LogP contribution is -2.67. The van der Waals surface area contributed by atoms with Crippen LogP contribution in [0.4, 0.5) is 0 Å². The van der Waals surface area contributed by atoms with Crippen molar-refractivity contribution in [3.05, 3.63) is 0 Å². The molecule has 0 aromatic carbocycles. The highest BCUT2D eigenvalue weighted by atomic mass is 31.2. The van der Waals surface area contributed by atoms with Crippen molar-refractivity contribution >= 4 is 34.2 Å². The largest absolute Gasteiger partial charge is 0.500 e. The van der Waals surface area contributed by atoms with Crippen molar-refractivity contribution in [2.75, 3.05) is 76.6 Å². The van der Waals surface area contributed by atoms with Gasteiger partial charge in [0.1, 0.15) is 5.22 Å². The summed E-state index contributed by atoms with van der Waals surface area (Å²) in [4.78, 5) is 10.7. The van der Waals surface area contributed by atoms with Crippen LogP contribution in [0.25, 0.3) is 0 Å². The standard InChI is InChI=1S/C20H48NO12PSi3/c1-10-17-32-34(22,23)33-20(13-11-18-35(24-2,25-3)26-4)14-16-21(37(20,30-8)31-9)15-12-19-36(27-5,28-6)29-7/h10-19H2,1-9H3,(H,22,23). The molecule has 0 aromatic rings. The summed E-state index contributed by atoms with van der Waals surface area (Å²) in [6.07, 6.45) is 2.55. The maximum atomic E-state index is 13.0. The van der Waals surface area contributed by atoms with Crippen LogP contribution in [0.3, 0.4) is 0 Å². The van der Waals surface area contributed by atoms with Gasteiger partial charge in [0, 0.05) is 69.0 Å². The first-order valence-electron chi connectivity index (χ1n) is 12.4. The number of hydrogen-bond donors (Lipinski definition) is 1. The van der Waals surface area contributed by atoms with E-state index in [4.69, 9.17) is 44.5 Å². The minimum atomic E-state index is -4.41. The zero-order valence-corrected chi connectivity index (χ0v) is 27.8. The lowest BCUT2D eigenvalue weighted by molar-refractivity contribution is 0.0249. The van der Waals surface area contributed by atoms with Crippen molar-refractivity contribution in [1.29, 1.82) is 0 Å². The van der Waals surface area contributed by atoms with Crippen LogP contribution >= 0.6 is 7.82 Å². The summed E-state index contributed by atoms with van der Waals surface area (Å²) in [5.41, 5.74) is 0. The SMILES string of the molecule is CCCOP(=O)(O)OC1(CCC[Si](OC)(OC)OC)CCN(CCC[Si](OC)(OC)OC)[Si]1(OC)OC. The van der Waals surface area contributed by atoms with Gasteiger partial charge in [-0.15, -0.1) is 0 Å². The molecular formula is C20H48NO12PSi3. The molecule has 17 heteroatoms. The highest BCUT2D eigenvalue weighted by Crippen LogP contribution is 2.55. The number of phosphoric ester groups is 1. The lowest BCUT2D eigenvalue weighted by Gasteiger charge is -2.43. The third kappa shape index (κ3) is 8.45. The van der Waals surface area contributed by atoms with E-state index in [1.54, 1.807) is 56.9 Å². The van der Waals surface area contributed by atoms with Gasteiger partial charge in [0.2, 0.25) is 0 Å². The van der Waals surface area contributed by atoms with Gasteiger partial charge in [-0.25, -0.2) is 4.57 Å². The molecule has 1 heterocycles. The average Bonchev–Trinajstić information content (AvgIpc) is 3.20. The maximum absolute atomic E-state index is 13.0. The highest BCUT2D eigenvalue weighted by Gasteiger charge is 2.69. The van der Waals surface area contributed by atoms with Gasteiger partial charge in [-0.1, -0.05) is 6.92 Å². The van der Waals surface area contributed by atoms with E-state index in [9.17, 15) is 9.46 Å². The summed E-state index contributed by atoms with van der Waals surface area (Å²) in [5, 5.41) is -1.19. The molecule has 1 aliphatic rings. The normalized spacial score (nSPS) is 22.4. The summed E-state index contributed by atoms with van der Waals surface area (Å²) in [5.74, 6) is 0. The third-order valence-electron chi connectivity index (χ3n) is 6.92. The van der Waals surface area contributed by atoms with Gasteiger partial charge in [-0.3, -0.25) is 13.6 Å². The fourth-order valence-electron chi connectivity index (χ4n) is 4.96. The fourth-order valence-corrected chi connectivity index (χ4v) is 14.1. The van der Waals surface area contributed by atoms with Gasteiger partial charge >= 0.3 is 34.2 Å². The molecule has 0 bridgehead atoms. The van der Waals surface area contributed by atoms with Crippen LogP contribution in [0.2, 0.25) is 12.1 Å². The Morgan fingerprint density at radius 1 is 0.865 bits per heavy atom. The Hall–Kier alpha value is 0.401. The van der Waals surface area contributed by atoms with Crippen LogP contribution in [0, 0.1) is 0 Å². The lowest BCUT2D eigenvalue weighted by atomic mass is 10.1. The van der Waals surface area contributed by atoms with Crippen molar-refractivity contribution in [1.82, 2.24) is 4.57 Å². The van der Waals surface area contributed by atoms with Gasteiger partial charge in [-0.2, -0.15) is 0 Å². The van der Waals surface area contributed by atoms with Gasteiger partial charge in [0.15, 0.2) is 0 Å². The quantitative estimate of drug-likeness (QED) is 0.151. The zero-order chi connectivity index (χ0) is 28.2. The van der Waals surface area contributed by atoms with Crippen LogP contribution in [-0.4, -0.2) is 118 Å². The Morgan fingerprint density at radius 3 is 1.78 bits per heavy atom. The van der Waals surface area contributed by atoms with Crippen LogP contribution in [0.15, 0.2) is 0 Å².